The van der Waals surface area contributed by atoms with Gasteiger partial charge < -0.3 is 8.92 Å². The molecular weight excluding hydrogens is 244 g/mol. The molecular formula is C11H10O5S. The summed E-state index contributed by atoms with van der Waals surface area (Å²) in [6.45, 7) is 0.774. The lowest BCUT2D eigenvalue weighted by Crippen LogP contribution is -2.30. The molecule has 0 aromatic rings. The Labute approximate surface area is 98.7 Å². The monoisotopic (exact) mass is 254 g/mol. The lowest BCUT2D eigenvalue weighted by Gasteiger charge is -2.30. The van der Waals surface area contributed by atoms with E-state index in [1.54, 1.807) is 12.2 Å². The summed E-state index contributed by atoms with van der Waals surface area (Å²) in [6, 6.07) is 0. The van der Waals surface area contributed by atoms with E-state index in [2.05, 4.69) is 4.18 Å². The molecule has 5 nitrogen and oxygen atoms in total. The molecule has 1 saturated heterocycles. The minimum Gasteiger partial charge on any atom is -0.375 e. The maximum Gasteiger partial charge on any atom is 0.446 e. The first-order valence-corrected chi connectivity index (χ1v) is 6.44. The van der Waals surface area contributed by atoms with Gasteiger partial charge in [-0.2, -0.15) is 8.42 Å². The first-order valence-electron chi connectivity index (χ1n) is 5.08. The smallest absolute Gasteiger partial charge is 0.375 e. The Balaban J connectivity index is 2.09. The molecule has 17 heavy (non-hydrogen) atoms. The Hall–Kier alpha value is -1.37. The number of hydrogen-bond donors (Lipinski definition) is 1. The van der Waals surface area contributed by atoms with Crippen molar-refractivity contribution >= 4 is 10.4 Å². The molecule has 2 aliphatic carbocycles. The van der Waals surface area contributed by atoms with E-state index in [-0.39, 0.29) is 5.76 Å². The van der Waals surface area contributed by atoms with E-state index in [0.717, 1.165) is 11.1 Å². The van der Waals surface area contributed by atoms with Crippen LogP contribution < -0.4 is 0 Å². The van der Waals surface area contributed by atoms with Crippen molar-refractivity contribution in [3.8, 4) is 0 Å². The molecule has 1 spiro atoms. The first-order chi connectivity index (χ1) is 8.02. The van der Waals surface area contributed by atoms with Gasteiger partial charge in [-0.05, 0) is 17.2 Å². The second-order valence-corrected chi connectivity index (χ2v) is 5.14. The molecule has 6 heteroatoms. The largest absolute Gasteiger partial charge is 0.446 e. The zero-order valence-electron chi connectivity index (χ0n) is 8.79. The molecule has 0 aromatic carbocycles. The Kier molecular flexibility index (Phi) is 2.10. The average molecular weight is 254 g/mol. The van der Waals surface area contributed by atoms with Crippen LogP contribution in [0.25, 0.3) is 0 Å². The van der Waals surface area contributed by atoms with Crippen LogP contribution in [0.5, 0.6) is 0 Å². The molecule has 0 radical (unpaired) electrons. The molecule has 3 aliphatic rings. The number of ether oxygens (including phenoxy) is 1. The third-order valence-corrected chi connectivity index (χ3v) is 3.61. The molecule has 0 bridgehead atoms. The van der Waals surface area contributed by atoms with Crippen LogP contribution in [0.1, 0.15) is 0 Å². The number of allylic oxidation sites excluding steroid dienone is 5. The summed E-state index contributed by atoms with van der Waals surface area (Å²) in [5, 5.41) is 0. The van der Waals surface area contributed by atoms with Crippen molar-refractivity contribution in [2.24, 2.45) is 5.41 Å². The Morgan fingerprint density at radius 2 is 2.18 bits per heavy atom. The van der Waals surface area contributed by atoms with Crippen LogP contribution in [0, 0.1) is 5.41 Å². The van der Waals surface area contributed by atoms with Crippen LogP contribution in [0.15, 0.2) is 47.3 Å². The standard InChI is InChI=1S/C11H10O5S/c12-17(13,14)16-10-3-1-2-8-4-5-9-6-15-7-11(8,9)10/h1-5H,6-7H2,(H,12,13,14). The van der Waals surface area contributed by atoms with E-state index >= 15 is 0 Å². The van der Waals surface area contributed by atoms with Gasteiger partial charge in [0.1, 0.15) is 11.2 Å². The first kappa shape index (κ1) is 10.8. The van der Waals surface area contributed by atoms with Crippen molar-refractivity contribution < 1.29 is 21.9 Å². The fourth-order valence-corrected chi connectivity index (χ4v) is 2.91. The predicted octanol–water partition coefficient (Wildman–Crippen LogP) is 1.14. The summed E-state index contributed by atoms with van der Waals surface area (Å²) in [4.78, 5) is 0. The summed E-state index contributed by atoms with van der Waals surface area (Å²) >= 11 is 0. The molecule has 3 rings (SSSR count). The molecule has 1 N–H and O–H groups in total. The van der Waals surface area contributed by atoms with E-state index in [9.17, 15) is 8.42 Å². The van der Waals surface area contributed by atoms with E-state index in [0.29, 0.717) is 13.2 Å². The van der Waals surface area contributed by atoms with Gasteiger partial charge in [0, 0.05) is 0 Å². The lowest BCUT2D eigenvalue weighted by molar-refractivity contribution is 0.159. The normalized spacial score (nSPS) is 30.3. The molecule has 1 unspecified atom stereocenters. The van der Waals surface area contributed by atoms with Gasteiger partial charge in [-0.1, -0.05) is 24.3 Å². The molecule has 1 fully saturated rings. The summed E-state index contributed by atoms with van der Waals surface area (Å²) in [6.07, 6.45) is 8.93. The topological polar surface area (TPSA) is 72.8 Å². The second kappa shape index (κ2) is 3.32. The third kappa shape index (κ3) is 1.49. The van der Waals surface area contributed by atoms with Gasteiger partial charge >= 0.3 is 10.4 Å². The predicted molar refractivity (Wildman–Crippen MR) is 59.3 cm³/mol. The fraction of sp³-hybridized carbons (Fsp3) is 0.273. The van der Waals surface area contributed by atoms with Crippen molar-refractivity contribution in [2.45, 2.75) is 0 Å². The Bertz CT molecular complexity index is 593. The van der Waals surface area contributed by atoms with E-state index in [4.69, 9.17) is 9.29 Å². The second-order valence-electron chi connectivity index (χ2n) is 4.11. The Morgan fingerprint density at radius 1 is 1.35 bits per heavy atom. The van der Waals surface area contributed by atoms with Crippen LogP contribution in [0.2, 0.25) is 0 Å². The van der Waals surface area contributed by atoms with Crippen molar-refractivity contribution in [1.82, 2.24) is 0 Å². The molecule has 1 heterocycles. The highest BCUT2D eigenvalue weighted by Gasteiger charge is 2.50. The molecule has 0 aromatic heterocycles. The van der Waals surface area contributed by atoms with Crippen molar-refractivity contribution in [3.63, 3.8) is 0 Å². The summed E-state index contributed by atoms with van der Waals surface area (Å²) in [7, 11) is -4.52. The number of hydrogen-bond acceptors (Lipinski definition) is 4. The summed E-state index contributed by atoms with van der Waals surface area (Å²) < 4.78 is 40.6. The fourth-order valence-electron chi connectivity index (χ4n) is 2.48. The van der Waals surface area contributed by atoms with Crippen LogP contribution in [0.4, 0.5) is 0 Å². The zero-order chi connectivity index (χ0) is 12.1. The highest BCUT2D eigenvalue weighted by Crippen LogP contribution is 2.52. The van der Waals surface area contributed by atoms with Gasteiger partial charge in [-0.3, -0.25) is 4.55 Å². The third-order valence-electron chi connectivity index (χ3n) is 3.22. The van der Waals surface area contributed by atoms with Crippen molar-refractivity contribution in [1.29, 1.82) is 0 Å². The average Bonchev–Trinajstić information content (AvgIpc) is 2.74. The highest BCUT2D eigenvalue weighted by atomic mass is 32.3. The van der Waals surface area contributed by atoms with Gasteiger partial charge in [0.2, 0.25) is 0 Å². The molecule has 1 aliphatic heterocycles. The van der Waals surface area contributed by atoms with Gasteiger partial charge in [0.05, 0.1) is 13.2 Å². The lowest BCUT2D eigenvalue weighted by atomic mass is 9.75. The zero-order valence-corrected chi connectivity index (χ0v) is 9.61. The van der Waals surface area contributed by atoms with Crippen LogP contribution in [-0.2, 0) is 19.3 Å². The molecule has 90 valence electrons. The van der Waals surface area contributed by atoms with Gasteiger partial charge in [0.25, 0.3) is 0 Å². The van der Waals surface area contributed by atoms with Gasteiger partial charge in [0.15, 0.2) is 0 Å². The quantitative estimate of drug-likeness (QED) is 0.748. The van der Waals surface area contributed by atoms with Gasteiger partial charge in [-0.25, -0.2) is 0 Å². The van der Waals surface area contributed by atoms with Crippen LogP contribution in [-0.4, -0.2) is 26.2 Å². The molecule has 0 saturated carbocycles. The van der Waals surface area contributed by atoms with Crippen molar-refractivity contribution in [3.05, 3.63) is 47.3 Å². The highest BCUT2D eigenvalue weighted by molar-refractivity contribution is 7.81. The van der Waals surface area contributed by atoms with Gasteiger partial charge in [-0.15, -0.1) is 0 Å². The van der Waals surface area contributed by atoms with E-state index < -0.39 is 15.8 Å². The Morgan fingerprint density at radius 3 is 2.94 bits per heavy atom. The SMILES string of the molecule is O=S(=O)(O)OC1=CC=CC2=CC=C3COCC231. The molecule has 0 amide bonds. The minimum absolute atomic E-state index is 0.190. The van der Waals surface area contributed by atoms with E-state index in [1.165, 1.54) is 0 Å². The van der Waals surface area contributed by atoms with E-state index in [1.807, 2.05) is 18.2 Å². The summed E-state index contributed by atoms with van der Waals surface area (Å²) in [5.74, 6) is 0.190. The number of rotatable bonds is 2. The van der Waals surface area contributed by atoms with Crippen LogP contribution in [0.3, 0.4) is 0 Å². The minimum atomic E-state index is -4.52. The van der Waals surface area contributed by atoms with Crippen molar-refractivity contribution in [2.75, 3.05) is 13.2 Å². The summed E-state index contributed by atoms with van der Waals surface area (Å²) in [5.41, 5.74) is 1.21. The van der Waals surface area contributed by atoms with Crippen LogP contribution >= 0.6 is 0 Å². The molecule has 1 atom stereocenters. The maximum absolute atomic E-state index is 10.9. The maximum atomic E-state index is 10.9.